The van der Waals surface area contributed by atoms with E-state index in [1.165, 1.54) is 0 Å². The highest BCUT2D eigenvalue weighted by molar-refractivity contribution is 5.86. The van der Waals surface area contributed by atoms with Crippen LogP contribution in [-0.4, -0.2) is 28.6 Å². The molecular weight excluding hydrogens is 254 g/mol. The summed E-state index contributed by atoms with van der Waals surface area (Å²) in [5, 5.41) is 3.88. The SMILES string of the molecule is Cc1cc(CN(C)C(=O)C2(N)CCCC2)no1.Cl. The lowest BCUT2D eigenvalue weighted by Crippen LogP contribution is -2.52. The molecule has 1 aromatic heterocycles. The number of rotatable bonds is 3. The van der Waals surface area contributed by atoms with Crippen LogP contribution in [0.15, 0.2) is 10.6 Å². The maximum absolute atomic E-state index is 12.2. The highest BCUT2D eigenvalue weighted by atomic mass is 35.5. The van der Waals surface area contributed by atoms with Crippen molar-refractivity contribution in [1.29, 1.82) is 0 Å². The van der Waals surface area contributed by atoms with E-state index in [4.69, 9.17) is 10.3 Å². The van der Waals surface area contributed by atoms with Crippen molar-refractivity contribution < 1.29 is 9.32 Å². The number of hydrogen-bond acceptors (Lipinski definition) is 4. The Kier molecular flexibility index (Phi) is 4.76. The number of nitrogens with zero attached hydrogens (tertiary/aromatic N) is 2. The smallest absolute Gasteiger partial charge is 0.242 e. The second kappa shape index (κ2) is 5.71. The van der Waals surface area contributed by atoms with Crippen LogP contribution < -0.4 is 5.73 Å². The lowest BCUT2D eigenvalue weighted by Gasteiger charge is -2.28. The molecule has 102 valence electrons. The van der Waals surface area contributed by atoms with Crippen molar-refractivity contribution in [2.24, 2.45) is 5.73 Å². The van der Waals surface area contributed by atoms with E-state index < -0.39 is 5.54 Å². The summed E-state index contributed by atoms with van der Waals surface area (Å²) >= 11 is 0. The van der Waals surface area contributed by atoms with Crippen molar-refractivity contribution in [2.75, 3.05) is 7.05 Å². The Bertz CT molecular complexity index is 413. The summed E-state index contributed by atoms with van der Waals surface area (Å²) in [4.78, 5) is 13.9. The van der Waals surface area contributed by atoms with Gasteiger partial charge in [0.15, 0.2) is 0 Å². The maximum Gasteiger partial charge on any atom is 0.242 e. The van der Waals surface area contributed by atoms with Gasteiger partial charge in [-0.15, -0.1) is 12.4 Å². The van der Waals surface area contributed by atoms with E-state index in [0.717, 1.165) is 37.1 Å². The summed E-state index contributed by atoms with van der Waals surface area (Å²) in [6, 6.07) is 1.83. The zero-order valence-corrected chi connectivity index (χ0v) is 11.6. The average molecular weight is 274 g/mol. The zero-order chi connectivity index (χ0) is 12.5. The Balaban J connectivity index is 0.00000162. The molecule has 0 radical (unpaired) electrons. The van der Waals surface area contributed by atoms with Crippen LogP contribution in [0.3, 0.4) is 0 Å². The fourth-order valence-corrected chi connectivity index (χ4v) is 2.41. The third-order valence-electron chi connectivity index (χ3n) is 3.34. The van der Waals surface area contributed by atoms with Crippen molar-refractivity contribution in [2.45, 2.75) is 44.7 Å². The number of hydrogen-bond donors (Lipinski definition) is 1. The summed E-state index contributed by atoms with van der Waals surface area (Å²) < 4.78 is 4.98. The normalized spacial score (nSPS) is 17.3. The highest BCUT2D eigenvalue weighted by Gasteiger charge is 2.38. The lowest BCUT2D eigenvalue weighted by atomic mass is 9.97. The quantitative estimate of drug-likeness (QED) is 0.909. The van der Waals surface area contributed by atoms with Crippen LogP contribution in [0.1, 0.15) is 37.1 Å². The zero-order valence-electron chi connectivity index (χ0n) is 10.8. The van der Waals surface area contributed by atoms with E-state index >= 15 is 0 Å². The second-order valence-electron chi connectivity index (χ2n) is 4.95. The van der Waals surface area contributed by atoms with Gasteiger partial charge in [-0.2, -0.15) is 0 Å². The van der Waals surface area contributed by atoms with Crippen molar-refractivity contribution >= 4 is 18.3 Å². The van der Waals surface area contributed by atoms with Crippen LogP contribution in [-0.2, 0) is 11.3 Å². The van der Waals surface area contributed by atoms with E-state index in [0.29, 0.717) is 6.54 Å². The van der Waals surface area contributed by atoms with E-state index in [1.54, 1.807) is 11.9 Å². The van der Waals surface area contributed by atoms with E-state index in [2.05, 4.69) is 5.16 Å². The van der Waals surface area contributed by atoms with Gasteiger partial charge in [-0.05, 0) is 19.8 Å². The van der Waals surface area contributed by atoms with Crippen molar-refractivity contribution in [3.8, 4) is 0 Å². The number of carbonyl (C=O) groups excluding carboxylic acids is 1. The van der Waals surface area contributed by atoms with Crippen LogP contribution in [0.25, 0.3) is 0 Å². The summed E-state index contributed by atoms with van der Waals surface area (Å²) in [5.41, 5.74) is 6.23. The number of aryl methyl sites for hydroxylation is 1. The minimum Gasteiger partial charge on any atom is -0.361 e. The average Bonchev–Trinajstić information content (AvgIpc) is 2.88. The summed E-state index contributed by atoms with van der Waals surface area (Å²) in [5.74, 6) is 0.764. The highest BCUT2D eigenvalue weighted by Crippen LogP contribution is 2.29. The van der Waals surface area contributed by atoms with Gasteiger partial charge in [-0.3, -0.25) is 4.79 Å². The van der Waals surface area contributed by atoms with Crippen molar-refractivity contribution in [1.82, 2.24) is 10.1 Å². The monoisotopic (exact) mass is 273 g/mol. The molecule has 0 bridgehead atoms. The molecule has 0 saturated heterocycles. The first-order chi connectivity index (χ1) is 8.01. The van der Waals surface area contributed by atoms with Gasteiger partial charge in [-0.1, -0.05) is 18.0 Å². The first kappa shape index (κ1) is 15.0. The predicted molar refractivity (Wildman–Crippen MR) is 70.3 cm³/mol. The molecule has 1 saturated carbocycles. The number of nitrogens with two attached hydrogens (primary N) is 1. The molecule has 0 unspecified atom stereocenters. The summed E-state index contributed by atoms with van der Waals surface area (Å²) in [6.45, 7) is 2.29. The van der Waals surface area contributed by atoms with Gasteiger partial charge in [0.25, 0.3) is 0 Å². The van der Waals surface area contributed by atoms with Gasteiger partial charge in [0, 0.05) is 13.1 Å². The third-order valence-corrected chi connectivity index (χ3v) is 3.34. The van der Waals surface area contributed by atoms with Crippen LogP contribution in [0, 0.1) is 6.92 Å². The molecule has 2 rings (SSSR count). The van der Waals surface area contributed by atoms with Gasteiger partial charge in [0.2, 0.25) is 5.91 Å². The second-order valence-corrected chi connectivity index (χ2v) is 4.95. The Labute approximate surface area is 113 Å². The summed E-state index contributed by atoms with van der Waals surface area (Å²) in [6.07, 6.45) is 3.65. The number of amides is 1. The minimum atomic E-state index is -0.659. The number of carbonyl (C=O) groups is 1. The molecule has 0 spiro atoms. The van der Waals surface area contributed by atoms with Crippen LogP contribution in [0.2, 0.25) is 0 Å². The van der Waals surface area contributed by atoms with Crippen LogP contribution >= 0.6 is 12.4 Å². The van der Waals surface area contributed by atoms with Crippen molar-refractivity contribution in [3.63, 3.8) is 0 Å². The fraction of sp³-hybridized carbons (Fsp3) is 0.667. The standard InChI is InChI=1S/C12H19N3O2.ClH/c1-9-7-10(14-17-9)8-15(2)11(16)12(13)5-3-4-6-12;/h7H,3-6,8,13H2,1-2H3;1H. The molecule has 1 aromatic rings. The van der Waals surface area contributed by atoms with Gasteiger partial charge in [0.1, 0.15) is 11.5 Å². The molecule has 1 aliphatic rings. The molecule has 0 aliphatic heterocycles. The minimum absolute atomic E-state index is 0. The van der Waals surface area contributed by atoms with Gasteiger partial charge >= 0.3 is 0 Å². The van der Waals surface area contributed by atoms with Crippen LogP contribution in [0.4, 0.5) is 0 Å². The Morgan fingerprint density at radius 3 is 2.67 bits per heavy atom. The molecule has 1 aliphatic carbocycles. The molecule has 5 nitrogen and oxygen atoms in total. The summed E-state index contributed by atoms with van der Waals surface area (Å²) in [7, 11) is 1.76. The molecule has 0 atom stereocenters. The molecule has 1 fully saturated rings. The van der Waals surface area contributed by atoms with E-state index in [1.807, 2.05) is 13.0 Å². The molecule has 1 heterocycles. The third kappa shape index (κ3) is 3.03. The first-order valence-corrected chi connectivity index (χ1v) is 5.98. The molecule has 2 N–H and O–H groups in total. The van der Waals surface area contributed by atoms with Gasteiger partial charge < -0.3 is 15.2 Å². The Morgan fingerprint density at radius 1 is 1.56 bits per heavy atom. The van der Waals surface area contributed by atoms with Crippen molar-refractivity contribution in [3.05, 3.63) is 17.5 Å². The largest absolute Gasteiger partial charge is 0.361 e. The molecule has 0 aromatic carbocycles. The fourth-order valence-electron chi connectivity index (χ4n) is 2.41. The first-order valence-electron chi connectivity index (χ1n) is 5.98. The Hall–Kier alpha value is -1.07. The van der Waals surface area contributed by atoms with Crippen LogP contribution in [0.5, 0.6) is 0 Å². The number of aromatic nitrogens is 1. The lowest BCUT2D eigenvalue weighted by molar-refractivity contribution is -0.136. The predicted octanol–water partition coefficient (Wildman–Crippen LogP) is 1.63. The van der Waals surface area contributed by atoms with Gasteiger partial charge in [-0.25, -0.2) is 0 Å². The maximum atomic E-state index is 12.2. The topological polar surface area (TPSA) is 72.4 Å². The molecule has 1 amide bonds. The molecular formula is C12H20ClN3O2. The molecule has 18 heavy (non-hydrogen) atoms. The van der Waals surface area contributed by atoms with E-state index in [-0.39, 0.29) is 18.3 Å². The van der Waals surface area contributed by atoms with Gasteiger partial charge in [0.05, 0.1) is 12.1 Å². The molecule has 6 heteroatoms. The Morgan fingerprint density at radius 2 is 2.17 bits per heavy atom. The van der Waals surface area contributed by atoms with E-state index in [9.17, 15) is 4.79 Å². The number of likely N-dealkylation sites (N-methyl/N-ethyl adjacent to an activating group) is 1. The number of halogens is 1.